The number of carbonyl (C=O) groups is 1. The molecule has 5 rings (SSSR count). The van der Waals surface area contributed by atoms with Crippen molar-refractivity contribution in [1.29, 1.82) is 0 Å². The lowest BCUT2D eigenvalue weighted by molar-refractivity contribution is -0.109. The second-order valence-electron chi connectivity index (χ2n) is 10.4. The van der Waals surface area contributed by atoms with E-state index < -0.39 is 0 Å². The van der Waals surface area contributed by atoms with Crippen molar-refractivity contribution < 1.29 is 14.3 Å². The first kappa shape index (κ1) is 27.7. The van der Waals surface area contributed by atoms with Crippen LogP contribution in [0.15, 0.2) is 54.9 Å². The molecule has 0 amide bonds. The molecule has 7 heteroatoms. The molecular weight excluding hydrogens is 476 g/mol. The molecule has 2 aliphatic rings. The number of aldehydes is 1. The van der Waals surface area contributed by atoms with Crippen molar-refractivity contribution in [3.63, 3.8) is 0 Å². The fourth-order valence-corrected chi connectivity index (χ4v) is 5.34. The summed E-state index contributed by atoms with van der Waals surface area (Å²) < 4.78 is 13.0. The number of aryl methyl sites for hydroxylation is 3. The molecule has 0 bridgehead atoms. The van der Waals surface area contributed by atoms with Crippen molar-refractivity contribution in [1.82, 2.24) is 14.5 Å². The van der Waals surface area contributed by atoms with Gasteiger partial charge in [0.05, 0.1) is 6.54 Å². The molecule has 204 valence electrons. The first-order chi connectivity index (χ1) is 18.5. The number of unbranched alkanes of at least 4 members (excludes halogenated alkanes) is 1. The average Bonchev–Trinajstić information content (AvgIpc) is 3.66. The number of carbonyl (C=O) groups excluding carboxylic acids is 1. The van der Waals surface area contributed by atoms with Crippen molar-refractivity contribution in [2.24, 2.45) is 7.05 Å². The van der Waals surface area contributed by atoms with Gasteiger partial charge in [0, 0.05) is 57.7 Å². The zero-order valence-electron chi connectivity index (χ0n) is 23.3. The Morgan fingerprint density at radius 3 is 2.74 bits per heavy atom. The van der Waals surface area contributed by atoms with Gasteiger partial charge in [-0.15, -0.1) is 0 Å². The number of hydrogen-bond acceptors (Lipinski definition) is 6. The third kappa shape index (κ3) is 7.16. The molecule has 0 radical (unpaired) electrons. The van der Waals surface area contributed by atoms with E-state index in [1.807, 2.05) is 25.5 Å². The SMILES string of the molecule is CCCCN(C)c1cccc(C)c1.Cn1ccnc1CCC1CC(c2ccc3c(c2)OCO3)CN1CC=O. The lowest BCUT2D eigenvalue weighted by Crippen LogP contribution is -2.31. The first-order valence-electron chi connectivity index (χ1n) is 13.8. The predicted octanol–water partition coefficient (Wildman–Crippen LogP) is 5.37. The molecule has 1 saturated heterocycles. The number of rotatable bonds is 10. The Kier molecular flexibility index (Phi) is 9.82. The minimum Gasteiger partial charge on any atom is -0.454 e. The van der Waals surface area contributed by atoms with Gasteiger partial charge in [-0.3, -0.25) is 4.90 Å². The molecular formula is C31H42N4O3. The molecule has 0 N–H and O–H groups in total. The van der Waals surface area contributed by atoms with E-state index in [0.717, 1.165) is 56.0 Å². The molecule has 38 heavy (non-hydrogen) atoms. The van der Waals surface area contributed by atoms with Gasteiger partial charge in [-0.25, -0.2) is 4.98 Å². The second-order valence-corrected chi connectivity index (χ2v) is 10.4. The van der Waals surface area contributed by atoms with Crippen LogP contribution >= 0.6 is 0 Å². The van der Waals surface area contributed by atoms with E-state index in [0.29, 0.717) is 25.3 Å². The Bertz CT molecular complexity index is 1180. The fraction of sp³-hybridized carbons (Fsp3) is 0.484. The van der Waals surface area contributed by atoms with E-state index in [2.05, 4.69) is 76.6 Å². The number of ether oxygens (including phenoxy) is 2. The topological polar surface area (TPSA) is 59.8 Å². The van der Waals surface area contributed by atoms with Crippen LogP contribution in [0.25, 0.3) is 0 Å². The summed E-state index contributed by atoms with van der Waals surface area (Å²) in [7, 11) is 4.18. The summed E-state index contributed by atoms with van der Waals surface area (Å²) in [5.41, 5.74) is 3.92. The van der Waals surface area contributed by atoms with Crippen LogP contribution in [0.1, 0.15) is 55.5 Å². The van der Waals surface area contributed by atoms with E-state index in [1.165, 1.54) is 29.7 Å². The monoisotopic (exact) mass is 518 g/mol. The summed E-state index contributed by atoms with van der Waals surface area (Å²) in [5.74, 6) is 3.16. The van der Waals surface area contributed by atoms with Crippen molar-refractivity contribution in [2.45, 2.75) is 57.9 Å². The quantitative estimate of drug-likeness (QED) is 0.336. The van der Waals surface area contributed by atoms with Gasteiger partial charge >= 0.3 is 0 Å². The van der Waals surface area contributed by atoms with Gasteiger partial charge < -0.3 is 23.7 Å². The number of benzene rings is 2. The summed E-state index contributed by atoms with van der Waals surface area (Å²) in [6.07, 6.45) is 10.3. The number of likely N-dealkylation sites (tertiary alicyclic amines) is 1. The highest BCUT2D eigenvalue weighted by Crippen LogP contribution is 2.39. The molecule has 7 nitrogen and oxygen atoms in total. The minimum absolute atomic E-state index is 0.299. The van der Waals surface area contributed by atoms with E-state index in [1.54, 1.807) is 0 Å². The third-order valence-electron chi connectivity index (χ3n) is 7.62. The maximum Gasteiger partial charge on any atom is 0.231 e. The maximum absolute atomic E-state index is 11.1. The Hall–Kier alpha value is -3.32. The molecule has 3 heterocycles. The van der Waals surface area contributed by atoms with Crippen molar-refractivity contribution >= 4 is 12.0 Å². The zero-order chi connectivity index (χ0) is 26.9. The average molecular weight is 519 g/mol. The Balaban J connectivity index is 0.000000219. The normalized spacial score (nSPS) is 18.2. The van der Waals surface area contributed by atoms with Crippen LogP contribution in [0.2, 0.25) is 0 Å². The van der Waals surface area contributed by atoms with E-state index in [-0.39, 0.29) is 0 Å². The van der Waals surface area contributed by atoms with Crippen LogP contribution in [-0.2, 0) is 18.3 Å². The molecule has 2 aliphatic heterocycles. The zero-order valence-corrected chi connectivity index (χ0v) is 23.3. The molecule has 0 saturated carbocycles. The standard InChI is InChI=1S/C19H23N3O3.C12H19N/c1-21-7-6-20-19(21)5-3-16-10-15(12-22(16)8-9-23)14-2-4-17-18(11-14)25-13-24-17;1-4-5-9-13(3)12-8-6-7-11(2)10-12/h2,4,6-7,9,11,15-16H,3,5,8,10,12-13H2,1H3;6-8,10H,4-5,9H2,1-3H3. The van der Waals surface area contributed by atoms with Crippen LogP contribution < -0.4 is 14.4 Å². The predicted molar refractivity (Wildman–Crippen MR) is 152 cm³/mol. The van der Waals surface area contributed by atoms with Crippen molar-refractivity contribution in [2.75, 3.05) is 38.4 Å². The highest BCUT2D eigenvalue weighted by Gasteiger charge is 2.33. The Labute approximate surface area is 227 Å². The van der Waals surface area contributed by atoms with Crippen molar-refractivity contribution in [3.05, 3.63) is 71.8 Å². The first-order valence-corrected chi connectivity index (χ1v) is 13.8. The number of aromatic nitrogens is 2. The van der Waals surface area contributed by atoms with Gasteiger partial charge in [0.25, 0.3) is 0 Å². The van der Waals surface area contributed by atoms with Crippen LogP contribution in [0.4, 0.5) is 5.69 Å². The number of imidazole rings is 1. The molecule has 1 fully saturated rings. The van der Waals surface area contributed by atoms with Crippen LogP contribution in [0.3, 0.4) is 0 Å². The lowest BCUT2D eigenvalue weighted by Gasteiger charge is -2.21. The Morgan fingerprint density at radius 2 is 2.00 bits per heavy atom. The third-order valence-corrected chi connectivity index (χ3v) is 7.62. The number of anilines is 1. The minimum atomic E-state index is 0.299. The summed E-state index contributed by atoms with van der Waals surface area (Å²) in [4.78, 5) is 20.1. The van der Waals surface area contributed by atoms with Crippen molar-refractivity contribution in [3.8, 4) is 11.5 Å². The maximum atomic E-state index is 11.1. The van der Waals surface area contributed by atoms with Gasteiger partial charge in [-0.2, -0.15) is 0 Å². The number of fused-ring (bicyclic) bond motifs is 1. The lowest BCUT2D eigenvalue weighted by atomic mass is 9.94. The van der Waals surface area contributed by atoms with Crippen LogP contribution in [0, 0.1) is 6.92 Å². The highest BCUT2D eigenvalue weighted by atomic mass is 16.7. The molecule has 0 aliphatic carbocycles. The summed E-state index contributed by atoms with van der Waals surface area (Å²) in [5, 5.41) is 0. The molecule has 2 aromatic carbocycles. The van der Waals surface area contributed by atoms with E-state index in [9.17, 15) is 4.79 Å². The van der Waals surface area contributed by atoms with Crippen LogP contribution in [-0.4, -0.2) is 60.3 Å². The second kappa shape index (κ2) is 13.5. The molecule has 0 spiro atoms. The fourth-order valence-electron chi connectivity index (χ4n) is 5.34. The summed E-state index contributed by atoms with van der Waals surface area (Å²) in [6.45, 7) is 7.21. The van der Waals surface area contributed by atoms with E-state index in [4.69, 9.17) is 9.47 Å². The van der Waals surface area contributed by atoms with Gasteiger partial charge in [-0.1, -0.05) is 31.5 Å². The molecule has 3 aromatic rings. The summed E-state index contributed by atoms with van der Waals surface area (Å²) in [6, 6.07) is 15.3. The highest BCUT2D eigenvalue weighted by molar-refractivity contribution is 5.52. The number of hydrogen-bond donors (Lipinski definition) is 0. The number of nitrogens with zero attached hydrogens (tertiary/aromatic N) is 4. The van der Waals surface area contributed by atoms with Crippen LogP contribution in [0.5, 0.6) is 11.5 Å². The smallest absolute Gasteiger partial charge is 0.231 e. The van der Waals surface area contributed by atoms with Gasteiger partial charge in [0.15, 0.2) is 11.5 Å². The largest absolute Gasteiger partial charge is 0.454 e. The van der Waals surface area contributed by atoms with E-state index >= 15 is 0 Å². The molecule has 2 atom stereocenters. The Morgan fingerprint density at radius 1 is 1.16 bits per heavy atom. The van der Waals surface area contributed by atoms with Gasteiger partial charge in [0.2, 0.25) is 6.79 Å². The van der Waals surface area contributed by atoms with Gasteiger partial charge in [0.1, 0.15) is 12.1 Å². The summed E-state index contributed by atoms with van der Waals surface area (Å²) >= 11 is 0. The molecule has 1 aromatic heterocycles. The molecule has 2 unspecified atom stereocenters. The van der Waals surface area contributed by atoms with Gasteiger partial charge in [-0.05, 0) is 67.5 Å².